The Hall–Kier alpha value is -1.59. The van der Waals surface area contributed by atoms with Gasteiger partial charge in [-0.2, -0.15) is 0 Å². The molecule has 1 aromatic rings. The number of amides is 1. The monoisotopic (exact) mass is 344 g/mol. The zero-order valence-corrected chi connectivity index (χ0v) is 15.8. The fraction of sp³-hybridized carbons (Fsp3) is 0.650. The molecule has 1 aromatic carbocycles. The van der Waals surface area contributed by atoms with E-state index in [0.717, 1.165) is 51.1 Å². The van der Waals surface area contributed by atoms with Gasteiger partial charge >= 0.3 is 0 Å². The molecule has 2 heterocycles. The molecule has 3 rings (SSSR count). The molecule has 0 radical (unpaired) electrons. The highest BCUT2D eigenvalue weighted by molar-refractivity contribution is 5.94. The first-order valence-corrected chi connectivity index (χ1v) is 9.61. The van der Waals surface area contributed by atoms with Gasteiger partial charge in [-0.1, -0.05) is 0 Å². The first kappa shape index (κ1) is 18.2. The molecule has 2 aliphatic heterocycles. The molecule has 0 saturated carbocycles. The number of benzene rings is 1. The second kappa shape index (κ2) is 7.75. The number of piperidine rings is 1. The van der Waals surface area contributed by atoms with Gasteiger partial charge in [-0.25, -0.2) is 0 Å². The Morgan fingerprint density at radius 2 is 1.72 bits per heavy atom. The van der Waals surface area contributed by atoms with Gasteiger partial charge in [0.2, 0.25) is 0 Å². The van der Waals surface area contributed by atoms with Crippen LogP contribution in [-0.4, -0.2) is 66.6 Å². The zero-order chi connectivity index (χ0) is 18.0. The maximum absolute atomic E-state index is 12.8. The van der Waals surface area contributed by atoms with Crippen LogP contribution in [0.4, 0.5) is 5.69 Å². The summed E-state index contributed by atoms with van der Waals surface area (Å²) in [4.78, 5) is 19.7. The predicted molar refractivity (Wildman–Crippen MR) is 103 cm³/mol. The summed E-state index contributed by atoms with van der Waals surface area (Å²) in [5, 5.41) is 0. The van der Waals surface area contributed by atoms with Crippen LogP contribution in [0.5, 0.6) is 0 Å². The summed E-state index contributed by atoms with van der Waals surface area (Å²) in [5.41, 5.74) is 8.01. The van der Waals surface area contributed by atoms with E-state index in [9.17, 15) is 4.79 Å². The fourth-order valence-electron chi connectivity index (χ4n) is 3.99. The normalized spacial score (nSPS) is 25.5. The zero-order valence-electron chi connectivity index (χ0n) is 15.8. The van der Waals surface area contributed by atoms with Crippen LogP contribution in [0.25, 0.3) is 0 Å². The van der Waals surface area contributed by atoms with Crippen molar-refractivity contribution in [2.75, 3.05) is 37.6 Å². The average molecular weight is 345 g/mol. The van der Waals surface area contributed by atoms with Crippen LogP contribution in [0, 0.1) is 0 Å². The fourth-order valence-corrected chi connectivity index (χ4v) is 3.99. The van der Waals surface area contributed by atoms with Gasteiger partial charge in [0.05, 0.1) is 0 Å². The van der Waals surface area contributed by atoms with Crippen molar-refractivity contribution in [3.05, 3.63) is 29.8 Å². The minimum Gasteiger partial charge on any atom is -0.369 e. The highest BCUT2D eigenvalue weighted by atomic mass is 16.2. The van der Waals surface area contributed by atoms with Crippen LogP contribution in [0.1, 0.15) is 44.0 Å². The summed E-state index contributed by atoms with van der Waals surface area (Å²) in [5.74, 6) is 0.135. The number of carbonyl (C=O) groups is 1. The Kier molecular flexibility index (Phi) is 5.64. The first-order valence-electron chi connectivity index (χ1n) is 9.61. The van der Waals surface area contributed by atoms with Crippen molar-refractivity contribution >= 4 is 11.6 Å². The molecule has 5 nitrogen and oxygen atoms in total. The Morgan fingerprint density at radius 1 is 1.08 bits per heavy atom. The largest absolute Gasteiger partial charge is 0.369 e. The Morgan fingerprint density at radius 3 is 2.28 bits per heavy atom. The SMILES string of the molecule is CC(C)N1CCN(c2ccc(C(=O)N3CC[C@@H](N)C[C@@H]3C)cc2)CC1. The summed E-state index contributed by atoms with van der Waals surface area (Å²) in [7, 11) is 0. The molecule has 25 heavy (non-hydrogen) atoms. The Balaban J connectivity index is 1.61. The van der Waals surface area contributed by atoms with Crippen molar-refractivity contribution in [3.8, 4) is 0 Å². The molecule has 2 atom stereocenters. The third kappa shape index (κ3) is 4.15. The molecule has 2 aliphatic rings. The number of piperazine rings is 1. The molecule has 0 bridgehead atoms. The van der Waals surface area contributed by atoms with Crippen LogP contribution < -0.4 is 10.6 Å². The second-order valence-electron chi connectivity index (χ2n) is 7.80. The lowest BCUT2D eigenvalue weighted by atomic mass is 9.98. The Bertz CT molecular complexity index is 578. The summed E-state index contributed by atoms with van der Waals surface area (Å²) >= 11 is 0. The van der Waals surface area contributed by atoms with E-state index in [1.807, 2.05) is 17.0 Å². The van der Waals surface area contributed by atoms with Crippen molar-refractivity contribution in [3.63, 3.8) is 0 Å². The van der Waals surface area contributed by atoms with Gasteiger partial charge in [0, 0.05) is 62.1 Å². The first-order chi connectivity index (χ1) is 12.0. The third-order valence-electron chi connectivity index (χ3n) is 5.70. The quantitative estimate of drug-likeness (QED) is 0.913. The molecule has 0 unspecified atom stereocenters. The topological polar surface area (TPSA) is 52.8 Å². The van der Waals surface area contributed by atoms with Crippen molar-refractivity contribution in [1.29, 1.82) is 0 Å². The predicted octanol–water partition coefficient (Wildman–Crippen LogP) is 2.17. The molecule has 2 fully saturated rings. The van der Waals surface area contributed by atoms with E-state index in [1.54, 1.807) is 0 Å². The standard InChI is InChI=1S/C20H32N4O/c1-15(2)22-10-12-23(13-11-22)19-6-4-17(5-7-19)20(25)24-9-8-18(21)14-16(24)3/h4-7,15-16,18H,8-14,21H2,1-3H3/t16-,18+/m0/s1. The lowest BCUT2D eigenvalue weighted by Crippen LogP contribution is -2.49. The summed E-state index contributed by atoms with van der Waals surface area (Å²) in [6, 6.07) is 9.21. The summed E-state index contributed by atoms with van der Waals surface area (Å²) in [6.07, 6.45) is 1.79. The maximum Gasteiger partial charge on any atom is 0.254 e. The van der Waals surface area contributed by atoms with Crippen LogP contribution in [-0.2, 0) is 0 Å². The van der Waals surface area contributed by atoms with Gasteiger partial charge in [0.15, 0.2) is 0 Å². The van der Waals surface area contributed by atoms with Gasteiger partial charge in [0.1, 0.15) is 0 Å². The number of nitrogens with two attached hydrogens (primary N) is 1. The van der Waals surface area contributed by atoms with Crippen molar-refractivity contribution in [1.82, 2.24) is 9.80 Å². The maximum atomic E-state index is 12.8. The number of likely N-dealkylation sites (tertiary alicyclic amines) is 1. The highest BCUT2D eigenvalue weighted by Crippen LogP contribution is 2.22. The average Bonchev–Trinajstić information content (AvgIpc) is 2.61. The number of rotatable bonds is 3. The number of hydrogen-bond acceptors (Lipinski definition) is 4. The van der Waals surface area contributed by atoms with Gasteiger partial charge in [-0.15, -0.1) is 0 Å². The second-order valence-corrected chi connectivity index (χ2v) is 7.80. The van der Waals surface area contributed by atoms with Crippen LogP contribution >= 0.6 is 0 Å². The van der Waals surface area contributed by atoms with Gasteiger partial charge in [-0.3, -0.25) is 9.69 Å². The van der Waals surface area contributed by atoms with E-state index in [2.05, 4.69) is 42.7 Å². The van der Waals surface area contributed by atoms with Crippen molar-refractivity contribution in [2.24, 2.45) is 5.73 Å². The molecule has 1 amide bonds. The van der Waals surface area contributed by atoms with Crippen LogP contribution in [0.15, 0.2) is 24.3 Å². The lowest BCUT2D eigenvalue weighted by Gasteiger charge is -2.38. The number of nitrogens with zero attached hydrogens (tertiary/aromatic N) is 3. The van der Waals surface area contributed by atoms with Crippen LogP contribution in [0.2, 0.25) is 0 Å². The van der Waals surface area contributed by atoms with E-state index in [-0.39, 0.29) is 18.0 Å². The molecular weight excluding hydrogens is 312 g/mol. The highest BCUT2D eigenvalue weighted by Gasteiger charge is 2.27. The van der Waals surface area contributed by atoms with E-state index in [1.165, 1.54) is 5.69 Å². The molecule has 138 valence electrons. The van der Waals surface area contributed by atoms with E-state index in [4.69, 9.17) is 5.73 Å². The number of carbonyl (C=O) groups excluding carboxylic acids is 1. The molecule has 0 aromatic heterocycles. The minimum atomic E-state index is 0.135. The van der Waals surface area contributed by atoms with Gasteiger partial charge in [-0.05, 0) is 57.9 Å². The van der Waals surface area contributed by atoms with E-state index in [0.29, 0.717) is 6.04 Å². The third-order valence-corrected chi connectivity index (χ3v) is 5.70. The molecule has 2 saturated heterocycles. The van der Waals surface area contributed by atoms with Gasteiger partial charge < -0.3 is 15.5 Å². The van der Waals surface area contributed by atoms with E-state index >= 15 is 0 Å². The van der Waals surface area contributed by atoms with Crippen LogP contribution in [0.3, 0.4) is 0 Å². The Labute approximate surface area is 151 Å². The lowest BCUT2D eigenvalue weighted by molar-refractivity contribution is 0.0619. The summed E-state index contributed by atoms with van der Waals surface area (Å²) < 4.78 is 0. The van der Waals surface area contributed by atoms with E-state index < -0.39 is 0 Å². The molecule has 0 aliphatic carbocycles. The number of anilines is 1. The molecule has 2 N–H and O–H groups in total. The van der Waals surface area contributed by atoms with Crippen molar-refractivity contribution < 1.29 is 4.79 Å². The minimum absolute atomic E-state index is 0.135. The smallest absolute Gasteiger partial charge is 0.254 e. The summed E-state index contributed by atoms with van der Waals surface area (Å²) in [6.45, 7) is 11.7. The molecule has 5 heteroatoms. The number of hydrogen-bond donors (Lipinski definition) is 1. The van der Waals surface area contributed by atoms with Gasteiger partial charge in [0.25, 0.3) is 5.91 Å². The molecule has 0 spiro atoms. The molecular formula is C20H32N4O. The van der Waals surface area contributed by atoms with Crippen molar-refractivity contribution in [2.45, 2.75) is 51.7 Å².